The second-order valence-corrected chi connectivity index (χ2v) is 10.6. The molecule has 0 aromatic carbocycles. The molecular weight excluding hydrogens is 552 g/mol. The van der Waals surface area contributed by atoms with Gasteiger partial charge in [0.25, 0.3) is 0 Å². The fourth-order valence-corrected chi connectivity index (χ4v) is 4.71. The molecule has 2 aliphatic heterocycles. The third kappa shape index (κ3) is 9.49. The number of carbonyl (C=O) groups is 1. The van der Waals surface area contributed by atoms with Crippen LogP contribution in [0.4, 0.5) is 0 Å². The van der Waals surface area contributed by atoms with E-state index in [-0.39, 0.29) is 25.6 Å². The molecule has 0 radical (unpaired) electrons. The lowest BCUT2D eigenvalue weighted by Crippen LogP contribution is -2.63. The molecule has 230 valence electrons. The Kier molecular flexibility index (Phi) is 13.3. The monoisotopic (exact) mass is 592 g/mol. The maximum Gasteiger partial charge on any atom is 0.448 e. The van der Waals surface area contributed by atoms with E-state index in [2.05, 4.69) is 4.18 Å². The fraction of sp³-hybridized carbons (Fsp3) is 0.955. The van der Waals surface area contributed by atoms with Crippen molar-refractivity contribution in [1.29, 1.82) is 0 Å². The van der Waals surface area contributed by atoms with Crippen molar-refractivity contribution < 1.29 is 76.6 Å². The van der Waals surface area contributed by atoms with Crippen molar-refractivity contribution >= 4 is 16.4 Å². The van der Waals surface area contributed by atoms with E-state index in [0.29, 0.717) is 19.3 Å². The van der Waals surface area contributed by atoms with Gasteiger partial charge in [0, 0.05) is 6.42 Å². The van der Waals surface area contributed by atoms with E-state index in [1.54, 1.807) is 0 Å². The number of aliphatic hydroxyl groups is 7. The van der Waals surface area contributed by atoms with Crippen LogP contribution in [0.3, 0.4) is 0 Å². The summed E-state index contributed by atoms with van der Waals surface area (Å²) >= 11 is 0. The third-order valence-corrected chi connectivity index (χ3v) is 7.02. The number of ether oxygens (including phenoxy) is 4. The van der Waals surface area contributed by atoms with Crippen LogP contribution in [0.2, 0.25) is 0 Å². The van der Waals surface area contributed by atoms with Crippen molar-refractivity contribution in [1.82, 2.24) is 0 Å². The van der Waals surface area contributed by atoms with Crippen LogP contribution >= 0.6 is 0 Å². The predicted molar refractivity (Wildman–Crippen MR) is 127 cm³/mol. The number of carbonyl (C=O) groups excluding carboxylic acids is 1. The van der Waals surface area contributed by atoms with Gasteiger partial charge in [0.05, 0.1) is 19.3 Å². The van der Waals surface area contributed by atoms with E-state index in [4.69, 9.17) is 23.5 Å². The van der Waals surface area contributed by atoms with Crippen molar-refractivity contribution in [3.63, 3.8) is 0 Å². The van der Waals surface area contributed by atoms with Gasteiger partial charge < -0.3 is 58.9 Å². The Balaban J connectivity index is 1.98. The summed E-state index contributed by atoms with van der Waals surface area (Å²) in [5, 5.41) is 70.8. The standard InChI is InChI=1S/C22H40O16S/c1-2-3-6-12(7-4-5-8-15(25)38-39(31,32)33)34-10-14-16(26)18(28)19(29)21(35-14)37-22(11-24)20(30)17(27)13(9-23)36-22/h12-14,16-21,23-24,26-30H,2-11H2,1H3,(H,31,32,33)/t12?,13-,14-,16-,17-,18+,19-,20+,21-,22+/m1/s1. The topological polar surface area (TPSA) is 259 Å². The fourth-order valence-electron chi connectivity index (χ4n) is 4.39. The highest BCUT2D eigenvalue weighted by molar-refractivity contribution is 7.81. The number of hydrogen-bond donors (Lipinski definition) is 8. The average molecular weight is 593 g/mol. The first kappa shape index (κ1) is 34.1. The average Bonchev–Trinajstić information content (AvgIpc) is 3.12. The molecule has 0 aromatic heterocycles. The van der Waals surface area contributed by atoms with Crippen molar-refractivity contribution in [2.45, 2.75) is 113 Å². The second kappa shape index (κ2) is 15.2. The van der Waals surface area contributed by atoms with Gasteiger partial charge in [-0.3, -0.25) is 9.35 Å². The quantitative estimate of drug-likeness (QED) is 0.0660. The molecule has 2 saturated heterocycles. The first-order valence-electron chi connectivity index (χ1n) is 12.7. The molecule has 2 heterocycles. The van der Waals surface area contributed by atoms with Crippen LogP contribution < -0.4 is 0 Å². The molecule has 2 rings (SSSR count). The molecule has 16 nitrogen and oxygen atoms in total. The zero-order valence-electron chi connectivity index (χ0n) is 21.5. The zero-order valence-corrected chi connectivity index (χ0v) is 22.3. The van der Waals surface area contributed by atoms with E-state index in [0.717, 1.165) is 12.8 Å². The molecule has 2 aliphatic rings. The minimum absolute atomic E-state index is 0.246. The number of unbranched alkanes of at least 4 members (excludes halogenated alkanes) is 2. The van der Waals surface area contributed by atoms with E-state index in [1.165, 1.54) is 0 Å². The minimum atomic E-state index is -4.87. The first-order valence-corrected chi connectivity index (χ1v) is 14.1. The van der Waals surface area contributed by atoms with E-state index < -0.39 is 84.4 Å². The van der Waals surface area contributed by atoms with Crippen molar-refractivity contribution in [2.75, 3.05) is 19.8 Å². The minimum Gasteiger partial charge on any atom is -0.394 e. The van der Waals surface area contributed by atoms with E-state index >= 15 is 0 Å². The van der Waals surface area contributed by atoms with Crippen LogP contribution in [0.25, 0.3) is 0 Å². The molecule has 0 saturated carbocycles. The molecule has 0 amide bonds. The molecule has 10 atom stereocenters. The highest BCUT2D eigenvalue weighted by Gasteiger charge is 2.58. The van der Waals surface area contributed by atoms with Gasteiger partial charge in [0.2, 0.25) is 5.79 Å². The largest absolute Gasteiger partial charge is 0.448 e. The summed E-state index contributed by atoms with van der Waals surface area (Å²) in [6.45, 7) is -0.0344. The van der Waals surface area contributed by atoms with Crippen molar-refractivity contribution in [3.05, 3.63) is 0 Å². The van der Waals surface area contributed by atoms with Gasteiger partial charge in [0.1, 0.15) is 49.3 Å². The maximum atomic E-state index is 11.4. The summed E-state index contributed by atoms with van der Waals surface area (Å²) in [7, 11) is -4.87. The normalized spacial score (nSPS) is 36.1. The van der Waals surface area contributed by atoms with Gasteiger partial charge in [-0.25, -0.2) is 0 Å². The molecule has 0 bridgehead atoms. The van der Waals surface area contributed by atoms with Gasteiger partial charge in [-0.05, 0) is 19.3 Å². The Morgan fingerprint density at radius 2 is 1.62 bits per heavy atom. The molecule has 1 unspecified atom stereocenters. The Hall–Kier alpha value is -1.06. The Morgan fingerprint density at radius 1 is 0.949 bits per heavy atom. The van der Waals surface area contributed by atoms with E-state index in [1.807, 2.05) is 6.92 Å². The van der Waals surface area contributed by atoms with Crippen molar-refractivity contribution in [3.8, 4) is 0 Å². The molecule has 2 fully saturated rings. The van der Waals surface area contributed by atoms with Gasteiger partial charge in [-0.1, -0.05) is 26.2 Å². The highest BCUT2D eigenvalue weighted by atomic mass is 32.3. The lowest BCUT2D eigenvalue weighted by atomic mass is 9.98. The number of hydrogen-bond acceptors (Lipinski definition) is 15. The highest BCUT2D eigenvalue weighted by Crippen LogP contribution is 2.36. The molecule has 0 aromatic rings. The molecule has 39 heavy (non-hydrogen) atoms. The lowest BCUT2D eigenvalue weighted by Gasteiger charge is -2.43. The van der Waals surface area contributed by atoms with Gasteiger partial charge >= 0.3 is 16.4 Å². The molecule has 0 aliphatic carbocycles. The Labute approximate surface area is 226 Å². The zero-order chi connectivity index (χ0) is 29.4. The van der Waals surface area contributed by atoms with E-state index in [9.17, 15) is 49.0 Å². The van der Waals surface area contributed by atoms with Crippen LogP contribution in [0.5, 0.6) is 0 Å². The van der Waals surface area contributed by atoms with Crippen LogP contribution in [0, 0.1) is 0 Å². The summed E-state index contributed by atoms with van der Waals surface area (Å²) in [5.41, 5.74) is 0. The Morgan fingerprint density at radius 3 is 2.18 bits per heavy atom. The van der Waals surface area contributed by atoms with Crippen LogP contribution in [-0.2, 0) is 38.3 Å². The predicted octanol–water partition coefficient (Wildman–Crippen LogP) is -2.91. The van der Waals surface area contributed by atoms with Gasteiger partial charge in [0.15, 0.2) is 6.29 Å². The summed E-state index contributed by atoms with van der Waals surface area (Å²) < 4.78 is 55.8. The summed E-state index contributed by atoms with van der Waals surface area (Å²) in [6.07, 6.45) is -10.3. The second-order valence-electron chi connectivity index (χ2n) is 9.60. The van der Waals surface area contributed by atoms with Crippen LogP contribution in [0.1, 0.15) is 51.9 Å². The summed E-state index contributed by atoms with van der Waals surface area (Å²) in [6, 6.07) is 0. The molecular formula is C22H40O16S. The van der Waals surface area contributed by atoms with Gasteiger partial charge in [-0.2, -0.15) is 8.42 Å². The van der Waals surface area contributed by atoms with Crippen LogP contribution in [-0.4, -0.2) is 135 Å². The third-order valence-electron chi connectivity index (χ3n) is 6.62. The first-order chi connectivity index (χ1) is 18.3. The van der Waals surface area contributed by atoms with Crippen molar-refractivity contribution in [2.24, 2.45) is 0 Å². The summed E-state index contributed by atoms with van der Waals surface area (Å²) in [4.78, 5) is 11.4. The smallest absolute Gasteiger partial charge is 0.394 e. The molecule has 0 spiro atoms. The maximum absolute atomic E-state index is 11.4. The van der Waals surface area contributed by atoms with Gasteiger partial charge in [-0.15, -0.1) is 0 Å². The molecule has 17 heteroatoms. The number of rotatable bonds is 16. The lowest BCUT2D eigenvalue weighted by molar-refractivity contribution is -0.384. The molecule has 8 N–H and O–H groups in total. The Bertz CT molecular complexity index is 857. The number of aliphatic hydroxyl groups excluding tert-OH is 7. The van der Waals surface area contributed by atoms with Crippen LogP contribution in [0.15, 0.2) is 0 Å². The SMILES string of the molecule is CCCCC(CCCCC(=O)OS(=O)(=O)O)OC[C@H]1O[C@H](O[C@]2(CO)O[C@H](CO)[C@@H](O)[C@@H]2O)[C@H](O)[C@@H](O)[C@@H]1O. The summed E-state index contributed by atoms with van der Waals surface area (Å²) in [5.74, 6) is -3.40.